The van der Waals surface area contributed by atoms with Gasteiger partial charge in [0.2, 0.25) is 35.4 Å². The van der Waals surface area contributed by atoms with Crippen LogP contribution in [0.4, 0.5) is 0 Å². The zero-order valence-corrected chi connectivity index (χ0v) is 18.4. The van der Waals surface area contributed by atoms with Gasteiger partial charge < -0.3 is 37.4 Å². The molecule has 3 atom stereocenters. The van der Waals surface area contributed by atoms with Crippen LogP contribution in [-0.2, 0) is 28.8 Å². The summed E-state index contributed by atoms with van der Waals surface area (Å²) < 4.78 is 0. The quantitative estimate of drug-likeness (QED) is 0.192. The molecule has 1 rings (SSSR count). The number of amides is 6. The Balaban J connectivity index is 2.84. The molecule has 174 valence electrons. The first-order valence-electron chi connectivity index (χ1n) is 9.21. The van der Waals surface area contributed by atoms with Gasteiger partial charge in [-0.3, -0.25) is 28.8 Å². The van der Waals surface area contributed by atoms with E-state index in [4.69, 9.17) is 5.73 Å². The summed E-state index contributed by atoms with van der Waals surface area (Å²) in [6.45, 7) is 0.0189. The summed E-state index contributed by atoms with van der Waals surface area (Å²) in [5.41, 5.74) is 5.31. The van der Waals surface area contributed by atoms with Crippen molar-refractivity contribution in [3.63, 3.8) is 0 Å². The molecule has 15 heteroatoms. The number of nitrogens with one attached hydrogen (secondary N) is 5. The number of nitrogens with two attached hydrogens (primary N) is 1. The molecule has 0 aromatic carbocycles. The Kier molecular flexibility index (Phi) is 11.7. The van der Waals surface area contributed by atoms with Crippen molar-refractivity contribution in [1.82, 2.24) is 26.6 Å². The second-order valence-corrected chi connectivity index (χ2v) is 9.06. The lowest BCUT2D eigenvalue weighted by Gasteiger charge is -2.23. The summed E-state index contributed by atoms with van der Waals surface area (Å²) in [5, 5.41) is 21.4. The van der Waals surface area contributed by atoms with Gasteiger partial charge in [0.05, 0.1) is 25.7 Å². The minimum atomic E-state index is -1.39. The Hall–Kier alpha value is -2.52. The molecule has 1 aliphatic rings. The molecule has 1 heterocycles. The maximum atomic E-state index is 12.4. The molecule has 8 N–H and O–H groups in total. The van der Waals surface area contributed by atoms with Gasteiger partial charge in [0, 0.05) is 17.9 Å². The molecule has 1 fully saturated rings. The monoisotopic (exact) mass is 478 g/mol. The Bertz CT molecular complexity index is 706. The van der Waals surface area contributed by atoms with Gasteiger partial charge in [-0.15, -0.1) is 0 Å². The van der Waals surface area contributed by atoms with E-state index in [1.807, 2.05) is 0 Å². The first-order valence-corrected chi connectivity index (χ1v) is 11.7. The minimum absolute atomic E-state index is 0.0896. The minimum Gasteiger partial charge on any atom is -0.391 e. The van der Waals surface area contributed by atoms with Crippen molar-refractivity contribution in [3.8, 4) is 0 Å². The standard InChI is InChI=1S/C16H26N6O7S2/c1-8(23)14-16(29)21-9(15(17)28)7-31-30-3-2-10(24)18-4-11(25)19-5-12(26)20-6-13(27)22-14/h8-9,14,23H,2-7H2,1H3,(H2,17,28)(H,18,24)(H,19,25)(H,20,26)(H,21,29)(H,22,27). The molecule has 0 aliphatic carbocycles. The third-order valence-electron chi connectivity index (χ3n) is 3.81. The molecule has 0 aromatic heterocycles. The maximum Gasteiger partial charge on any atom is 0.245 e. The van der Waals surface area contributed by atoms with Crippen LogP contribution in [0.25, 0.3) is 0 Å². The molecular formula is C16H26N6O7S2. The zero-order valence-electron chi connectivity index (χ0n) is 16.8. The summed E-state index contributed by atoms with van der Waals surface area (Å²) in [4.78, 5) is 71.2. The first-order chi connectivity index (χ1) is 14.6. The summed E-state index contributed by atoms with van der Waals surface area (Å²) in [6.07, 6.45) is -1.19. The third-order valence-corrected chi connectivity index (χ3v) is 6.23. The van der Waals surface area contributed by atoms with E-state index in [0.717, 1.165) is 0 Å². The molecule has 0 radical (unpaired) electrons. The molecule has 6 amide bonds. The van der Waals surface area contributed by atoms with E-state index in [2.05, 4.69) is 26.6 Å². The van der Waals surface area contributed by atoms with Crippen LogP contribution in [-0.4, -0.2) is 89.9 Å². The smallest absolute Gasteiger partial charge is 0.245 e. The molecule has 0 aromatic rings. The maximum absolute atomic E-state index is 12.4. The normalized spacial score (nSPS) is 24.5. The second kappa shape index (κ2) is 13.7. The van der Waals surface area contributed by atoms with Crippen LogP contribution >= 0.6 is 21.6 Å². The van der Waals surface area contributed by atoms with E-state index < -0.39 is 60.8 Å². The van der Waals surface area contributed by atoms with Crippen LogP contribution < -0.4 is 32.3 Å². The molecule has 0 spiro atoms. The SMILES string of the molecule is CC(O)C1NC(=O)CNC(=O)CNC(=O)CNC(=O)CCSSCC(C(N)=O)NC1=O. The molecule has 0 bridgehead atoms. The van der Waals surface area contributed by atoms with Crippen molar-refractivity contribution in [2.75, 3.05) is 31.1 Å². The van der Waals surface area contributed by atoms with Crippen molar-refractivity contribution < 1.29 is 33.9 Å². The number of rotatable bonds is 2. The molecule has 3 unspecified atom stereocenters. The van der Waals surface area contributed by atoms with E-state index in [1.165, 1.54) is 28.5 Å². The molecule has 31 heavy (non-hydrogen) atoms. The van der Waals surface area contributed by atoms with Gasteiger partial charge >= 0.3 is 0 Å². The number of aliphatic hydroxyl groups excluding tert-OH is 1. The fraction of sp³-hybridized carbons (Fsp3) is 0.625. The molecule has 0 saturated carbocycles. The summed E-state index contributed by atoms with van der Waals surface area (Å²) in [5.74, 6) is -3.59. The van der Waals surface area contributed by atoms with Crippen molar-refractivity contribution in [2.45, 2.75) is 31.5 Å². The van der Waals surface area contributed by atoms with Crippen molar-refractivity contribution >= 4 is 57.0 Å². The first kappa shape index (κ1) is 26.5. The fourth-order valence-corrected chi connectivity index (χ4v) is 4.31. The molecule has 1 saturated heterocycles. The lowest BCUT2D eigenvalue weighted by molar-refractivity contribution is -0.133. The highest BCUT2D eigenvalue weighted by Gasteiger charge is 2.29. The highest BCUT2D eigenvalue weighted by Crippen LogP contribution is 2.22. The number of carbonyl (C=O) groups is 6. The third kappa shape index (κ3) is 10.9. The van der Waals surface area contributed by atoms with Gasteiger partial charge in [0.1, 0.15) is 12.1 Å². The van der Waals surface area contributed by atoms with Gasteiger partial charge in [-0.05, 0) is 6.92 Å². The number of hydrogen-bond donors (Lipinski definition) is 7. The van der Waals surface area contributed by atoms with Crippen molar-refractivity contribution in [1.29, 1.82) is 0 Å². The topological polar surface area (TPSA) is 209 Å². The van der Waals surface area contributed by atoms with Crippen LogP contribution in [0.15, 0.2) is 0 Å². The largest absolute Gasteiger partial charge is 0.391 e. The summed E-state index contributed by atoms with van der Waals surface area (Å²) in [7, 11) is 2.46. The van der Waals surface area contributed by atoms with Gasteiger partial charge in [0.25, 0.3) is 0 Å². The van der Waals surface area contributed by atoms with Crippen molar-refractivity contribution in [2.24, 2.45) is 5.73 Å². The number of carbonyl (C=O) groups excluding carboxylic acids is 6. The molecule has 13 nitrogen and oxygen atoms in total. The van der Waals surface area contributed by atoms with Crippen LogP contribution in [0.5, 0.6) is 0 Å². The van der Waals surface area contributed by atoms with Gasteiger partial charge in [-0.2, -0.15) is 0 Å². The van der Waals surface area contributed by atoms with Gasteiger partial charge in [-0.25, -0.2) is 0 Å². The van der Waals surface area contributed by atoms with E-state index in [9.17, 15) is 33.9 Å². The summed E-state index contributed by atoms with van der Waals surface area (Å²) >= 11 is 0. The van der Waals surface area contributed by atoms with E-state index in [1.54, 1.807) is 0 Å². The van der Waals surface area contributed by atoms with Gasteiger partial charge in [0.15, 0.2) is 0 Å². The van der Waals surface area contributed by atoms with Crippen LogP contribution in [0.2, 0.25) is 0 Å². The highest BCUT2D eigenvalue weighted by molar-refractivity contribution is 8.76. The Labute approximate surface area is 186 Å². The average molecular weight is 479 g/mol. The average Bonchev–Trinajstić information content (AvgIpc) is 2.70. The number of hydrogen-bond acceptors (Lipinski definition) is 9. The molecular weight excluding hydrogens is 452 g/mol. The second-order valence-electron chi connectivity index (χ2n) is 6.44. The number of primary amides is 1. The summed E-state index contributed by atoms with van der Waals surface area (Å²) in [6, 6.07) is -2.47. The van der Waals surface area contributed by atoms with Crippen LogP contribution in [0.1, 0.15) is 13.3 Å². The Morgan fingerprint density at radius 2 is 1.48 bits per heavy atom. The van der Waals surface area contributed by atoms with E-state index in [0.29, 0.717) is 5.75 Å². The highest BCUT2D eigenvalue weighted by atomic mass is 33.1. The fourth-order valence-electron chi connectivity index (χ4n) is 2.15. The lowest BCUT2D eigenvalue weighted by Crippen LogP contribution is -2.58. The van der Waals surface area contributed by atoms with Crippen LogP contribution in [0.3, 0.4) is 0 Å². The Morgan fingerprint density at radius 3 is 2.03 bits per heavy atom. The predicted molar refractivity (Wildman–Crippen MR) is 113 cm³/mol. The van der Waals surface area contributed by atoms with Crippen molar-refractivity contribution in [3.05, 3.63) is 0 Å². The van der Waals surface area contributed by atoms with E-state index >= 15 is 0 Å². The van der Waals surface area contributed by atoms with Gasteiger partial charge in [-0.1, -0.05) is 21.6 Å². The predicted octanol–water partition coefficient (Wildman–Crippen LogP) is -4.04. The lowest BCUT2D eigenvalue weighted by atomic mass is 10.1. The molecule has 1 aliphatic heterocycles. The zero-order chi connectivity index (χ0) is 23.4. The van der Waals surface area contributed by atoms with Crippen LogP contribution in [0, 0.1) is 0 Å². The number of aliphatic hydroxyl groups is 1. The van der Waals surface area contributed by atoms with E-state index in [-0.39, 0.29) is 24.6 Å². The Morgan fingerprint density at radius 1 is 0.935 bits per heavy atom.